The standard InChI is InChI=1S/C13H15N3O3/c1-7-8(2)16-19-13(7)15-12(17)9-5-4-6-10(18-3)11(9)14/h4-6H,14H2,1-3H3,(H,15,17). The van der Waals surface area contributed by atoms with Gasteiger partial charge in [-0.2, -0.15) is 0 Å². The van der Waals surface area contributed by atoms with E-state index in [1.54, 1.807) is 25.1 Å². The van der Waals surface area contributed by atoms with Crippen molar-refractivity contribution in [1.82, 2.24) is 5.16 Å². The van der Waals surface area contributed by atoms with Crippen LogP contribution in [0.1, 0.15) is 21.6 Å². The molecule has 2 rings (SSSR count). The number of aryl methyl sites for hydroxylation is 1. The van der Waals surface area contributed by atoms with Gasteiger partial charge in [-0.05, 0) is 26.0 Å². The Morgan fingerprint density at radius 1 is 1.42 bits per heavy atom. The highest BCUT2D eigenvalue weighted by atomic mass is 16.5. The van der Waals surface area contributed by atoms with Gasteiger partial charge >= 0.3 is 0 Å². The van der Waals surface area contributed by atoms with Crippen molar-refractivity contribution in [3.63, 3.8) is 0 Å². The summed E-state index contributed by atoms with van der Waals surface area (Å²) in [6, 6.07) is 5.00. The first-order chi connectivity index (χ1) is 9.04. The van der Waals surface area contributed by atoms with E-state index in [0.29, 0.717) is 17.2 Å². The molecule has 0 bridgehead atoms. The van der Waals surface area contributed by atoms with Crippen molar-refractivity contribution in [2.24, 2.45) is 0 Å². The number of nitrogens with zero attached hydrogens (tertiary/aromatic N) is 1. The monoisotopic (exact) mass is 261 g/mol. The molecule has 0 aliphatic rings. The van der Waals surface area contributed by atoms with E-state index in [0.717, 1.165) is 11.3 Å². The second-order valence-corrected chi connectivity index (χ2v) is 4.10. The lowest BCUT2D eigenvalue weighted by Gasteiger charge is -2.09. The first-order valence-electron chi connectivity index (χ1n) is 5.71. The highest BCUT2D eigenvalue weighted by Gasteiger charge is 2.16. The average Bonchev–Trinajstić information content (AvgIpc) is 2.71. The van der Waals surface area contributed by atoms with Gasteiger partial charge in [-0.3, -0.25) is 10.1 Å². The van der Waals surface area contributed by atoms with Gasteiger partial charge in [-0.15, -0.1) is 0 Å². The van der Waals surface area contributed by atoms with E-state index in [1.807, 2.05) is 6.92 Å². The summed E-state index contributed by atoms with van der Waals surface area (Å²) >= 11 is 0. The molecule has 0 radical (unpaired) electrons. The number of anilines is 2. The molecule has 1 heterocycles. The lowest BCUT2D eigenvalue weighted by atomic mass is 10.1. The van der Waals surface area contributed by atoms with E-state index in [1.165, 1.54) is 7.11 Å². The van der Waals surface area contributed by atoms with Gasteiger partial charge in [-0.1, -0.05) is 11.2 Å². The third-order valence-electron chi connectivity index (χ3n) is 2.91. The number of nitrogen functional groups attached to an aromatic ring is 1. The number of carbonyl (C=O) groups excluding carboxylic acids is 1. The number of carbonyl (C=O) groups is 1. The topological polar surface area (TPSA) is 90.4 Å². The lowest BCUT2D eigenvalue weighted by Crippen LogP contribution is -2.14. The molecule has 19 heavy (non-hydrogen) atoms. The first kappa shape index (κ1) is 12.9. The molecule has 2 aromatic rings. The fraction of sp³-hybridized carbons (Fsp3) is 0.231. The predicted octanol–water partition coefficient (Wildman–Crippen LogP) is 2.13. The molecule has 0 fully saturated rings. The van der Waals surface area contributed by atoms with E-state index in [2.05, 4.69) is 10.5 Å². The highest BCUT2D eigenvalue weighted by Crippen LogP contribution is 2.26. The summed E-state index contributed by atoms with van der Waals surface area (Å²) < 4.78 is 10.1. The zero-order valence-electron chi connectivity index (χ0n) is 11.0. The fourth-order valence-corrected chi connectivity index (χ4v) is 1.62. The Kier molecular flexibility index (Phi) is 3.41. The second kappa shape index (κ2) is 5.01. The summed E-state index contributed by atoms with van der Waals surface area (Å²) in [5.74, 6) is 0.415. The Balaban J connectivity index is 2.28. The molecule has 1 aromatic heterocycles. The number of methoxy groups -OCH3 is 1. The normalized spacial score (nSPS) is 10.3. The zero-order chi connectivity index (χ0) is 14.0. The van der Waals surface area contributed by atoms with Crippen molar-refractivity contribution >= 4 is 17.5 Å². The minimum absolute atomic E-state index is 0.288. The van der Waals surface area contributed by atoms with E-state index in [-0.39, 0.29) is 11.6 Å². The molecule has 1 aromatic carbocycles. The Hall–Kier alpha value is -2.50. The van der Waals surface area contributed by atoms with Crippen LogP contribution in [-0.4, -0.2) is 18.2 Å². The first-order valence-corrected chi connectivity index (χ1v) is 5.71. The van der Waals surface area contributed by atoms with Gasteiger partial charge in [0.15, 0.2) is 0 Å². The van der Waals surface area contributed by atoms with Crippen LogP contribution < -0.4 is 15.8 Å². The van der Waals surface area contributed by atoms with Gasteiger partial charge in [0.2, 0.25) is 5.88 Å². The number of rotatable bonds is 3. The second-order valence-electron chi connectivity index (χ2n) is 4.10. The number of amides is 1. The van der Waals surface area contributed by atoms with E-state index >= 15 is 0 Å². The van der Waals surface area contributed by atoms with Gasteiger partial charge < -0.3 is 15.0 Å². The number of hydrogen-bond acceptors (Lipinski definition) is 5. The molecule has 0 spiro atoms. The smallest absolute Gasteiger partial charge is 0.260 e. The molecule has 100 valence electrons. The van der Waals surface area contributed by atoms with Crippen LogP contribution in [0.4, 0.5) is 11.6 Å². The van der Waals surface area contributed by atoms with Crippen LogP contribution in [0.15, 0.2) is 22.7 Å². The van der Waals surface area contributed by atoms with Crippen LogP contribution in [0.3, 0.4) is 0 Å². The van der Waals surface area contributed by atoms with Crippen molar-refractivity contribution in [3.05, 3.63) is 35.0 Å². The van der Waals surface area contributed by atoms with Crippen molar-refractivity contribution in [3.8, 4) is 5.75 Å². The average molecular weight is 261 g/mol. The lowest BCUT2D eigenvalue weighted by molar-refractivity contribution is 0.102. The summed E-state index contributed by atoms with van der Waals surface area (Å²) in [7, 11) is 1.50. The molecule has 0 aliphatic heterocycles. The number of aromatic nitrogens is 1. The molecular weight excluding hydrogens is 246 g/mol. The molecule has 0 saturated heterocycles. The van der Waals surface area contributed by atoms with Gasteiger partial charge in [0.25, 0.3) is 5.91 Å². The minimum Gasteiger partial charge on any atom is -0.495 e. The third kappa shape index (κ3) is 2.37. The number of nitrogens with two attached hydrogens (primary N) is 1. The van der Waals surface area contributed by atoms with E-state index < -0.39 is 0 Å². The third-order valence-corrected chi connectivity index (χ3v) is 2.91. The Morgan fingerprint density at radius 2 is 2.16 bits per heavy atom. The predicted molar refractivity (Wildman–Crippen MR) is 71.3 cm³/mol. The highest BCUT2D eigenvalue weighted by molar-refractivity contribution is 6.08. The van der Waals surface area contributed by atoms with Gasteiger partial charge in [0.05, 0.1) is 24.1 Å². The number of hydrogen-bond donors (Lipinski definition) is 2. The minimum atomic E-state index is -0.365. The Morgan fingerprint density at radius 3 is 2.74 bits per heavy atom. The fourth-order valence-electron chi connectivity index (χ4n) is 1.62. The molecule has 0 unspecified atom stereocenters. The maximum Gasteiger partial charge on any atom is 0.260 e. The summed E-state index contributed by atoms with van der Waals surface area (Å²) in [5, 5.41) is 6.41. The zero-order valence-corrected chi connectivity index (χ0v) is 11.0. The SMILES string of the molecule is COc1cccc(C(=O)Nc2onc(C)c2C)c1N. The molecular formula is C13H15N3O3. The summed E-state index contributed by atoms with van der Waals surface area (Å²) in [5.41, 5.74) is 7.99. The van der Waals surface area contributed by atoms with Crippen molar-refractivity contribution < 1.29 is 14.1 Å². The number of benzene rings is 1. The van der Waals surface area contributed by atoms with Crippen LogP contribution in [0.5, 0.6) is 5.75 Å². The molecule has 3 N–H and O–H groups in total. The van der Waals surface area contributed by atoms with E-state index in [4.69, 9.17) is 15.0 Å². The maximum atomic E-state index is 12.1. The largest absolute Gasteiger partial charge is 0.495 e. The Bertz CT molecular complexity index is 620. The summed E-state index contributed by atoms with van der Waals surface area (Å²) in [6.07, 6.45) is 0. The molecule has 6 nitrogen and oxygen atoms in total. The van der Waals surface area contributed by atoms with Crippen LogP contribution in [0.25, 0.3) is 0 Å². The van der Waals surface area contributed by atoms with Crippen molar-refractivity contribution in [1.29, 1.82) is 0 Å². The van der Waals surface area contributed by atoms with Gasteiger partial charge in [0.1, 0.15) is 5.75 Å². The van der Waals surface area contributed by atoms with E-state index in [9.17, 15) is 4.79 Å². The number of ether oxygens (including phenoxy) is 1. The van der Waals surface area contributed by atoms with Crippen LogP contribution in [0, 0.1) is 13.8 Å². The van der Waals surface area contributed by atoms with Gasteiger partial charge in [0, 0.05) is 5.56 Å². The van der Waals surface area contributed by atoms with Crippen LogP contribution in [0.2, 0.25) is 0 Å². The maximum absolute atomic E-state index is 12.1. The van der Waals surface area contributed by atoms with Crippen molar-refractivity contribution in [2.45, 2.75) is 13.8 Å². The molecule has 0 atom stereocenters. The van der Waals surface area contributed by atoms with Crippen LogP contribution >= 0.6 is 0 Å². The number of para-hydroxylation sites is 1. The van der Waals surface area contributed by atoms with Crippen LogP contribution in [-0.2, 0) is 0 Å². The van der Waals surface area contributed by atoms with Crippen molar-refractivity contribution in [2.75, 3.05) is 18.2 Å². The molecule has 6 heteroatoms. The summed E-state index contributed by atoms with van der Waals surface area (Å²) in [6.45, 7) is 3.62. The molecule has 0 aliphatic carbocycles. The molecule has 0 saturated carbocycles. The Labute approximate surface area is 110 Å². The molecule has 1 amide bonds. The summed E-state index contributed by atoms with van der Waals surface area (Å²) in [4.78, 5) is 12.1. The van der Waals surface area contributed by atoms with Gasteiger partial charge in [-0.25, -0.2) is 0 Å². The quantitative estimate of drug-likeness (QED) is 0.826. The number of nitrogens with one attached hydrogen (secondary N) is 1.